The number of piperidine rings is 1. The van der Waals surface area contributed by atoms with Crippen LogP contribution < -0.4 is 21.3 Å². The van der Waals surface area contributed by atoms with Gasteiger partial charge in [0.05, 0.1) is 10.9 Å². The molecule has 50 heavy (non-hydrogen) atoms. The zero-order valence-corrected chi connectivity index (χ0v) is 31.3. The molecule has 0 aromatic carbocycles. The monoisotopic (exact) mass is 709 g/mol. The summed E-state index contributed by atoms with van der Waals surface area (Å²) < 4.78 is 0. The van der Waals surface area contributed by atoms with Crippen LogP contribution in [-0.4, -0.2) is 77.5 Å². The lowest BCUT2D eigenvalue weighted by molar-refractivity contribution is -0.147. The van der Waals surface area contributed by atoms with E-state index < -0.39 is 58.5 Å². The van der Waals surface area contributed by atoms with Crippen molar-refractivity contribution in [2.75, 3.05) is 13.1 Å². The van der Waals surface area contributed by atoms with Crippen molar-refractivity contribution in [3.63, 3.8) is 0 Å². The standard InChI is InChI=1S/C38H55N5O6S/c1-8-18-39-33(47)28(44)24(20-22-14-15-22)40-32(46)27-26-23(37(26,5)6)21-43(27)35(49)30(36(2,3)4)42-34(48)29(38(7)16-10-9-11-17-38)41-31(45)25-13-12-19-50-25/h8,12-13,19,22-24,26-27,29-30H,1,9-11,14-18,20-21H2,2-7H3,(H,39,47)(H,40,46)(H,41,45)(H,42,48). The number of fused-ring (bicyclic) bond motifs is 1. The highest BCUT2D eigenvalue weighted by Gasteiger charge is 2.70. The van der Waals surface area contributed by atoms with E-state index in [0.717, 1.165) is 44.9 Å². The molecule has 1 aromatic rings. The van der Waals surface area contributed by atoms with Gasteiger partial charge in [-0.15, -0.1) is 17.9 Å². The third-order valence-corrected chi connectivity index (χ3v) is 12.5. The molecule has 3 saturated carbocycles. The van der Waals surface area contributed by atoms with Crippen molar-refractivity contribution in [1.82, 2.24) is 26.2 Å². The Kier molecular flexibility index (Phi) is 11.0. The van der Waals surface area contributed by atoms with Gasteiger partial charge in [-0.25, -0.2) is 0 Å². The third kappa shape index (κ3) is 8.00. The van der Waals surface area contributed by atoms with Crippen molar-refractivity contribution < 1.29 is 28.8 Å². The normalized spacial score (nSPS) is 25.2. The second-order valence-electron chi connectivity index (χ2n) is 16.9. The van der Waals surface area contributed by atoms with Gasteiger partial charge < -0.3 is 26.2 Å². The number of hydrogen-bond donors (Lipinski definition) is 4. The molecule has 4 fully saturated rings. The van der Waals surface area contributed by atoms with Crippen molar-refractivity contribution in [3.05, 3.63) is 35.0 Å². The molecular weight excluding hydrogens is 655 g/mol. The molecule has 4 aliphatic rings. The minimum atomic E-state index is -1.00. The van der Waals surface area contributed by atoms with Gasteiger partial charge >= 0.3 is 0 Å². The largest absolute Gasteiger partial charge is 0.346 e. The highest BCUT2D eigenvalue weighted by atomic mass is 32.1. The summed E-state index contributed by atoms with van der Waals surface area (Å²) in [5.41, 5.74) is -1.42. The second-order valence-corrected chi connectivity index (χ2v) is 17.8. The number of ketones is 1. The van der Waals surface area contributed by atoms with Crippen molar-refractivity contribution >= 4 is 46.7 Å². The Morgan fingerprint density at radius 3 is 2.28 bits per heavy atom. The third-order valence-electron chi connectivity index (χ3n) is 11.7. The van der Waals surface area contributed by atoms with Gasteiger partial charge in [-0.2, -0.15) is 0 Å². The van der Waals surface area contributed by atoms with Crippen molar-refractivity contribution in [1.29, 1.82) is 0 Å². The molecule has 1 aromatic heterocycles. The first-order valence-corrected chi connectivity index (χ1v) is 19.1. The van der Waals surface area contributed by atoms with Crippen molar-refractivity contribution in [2.45, 2.75) is 117 Å². The van der Waals surface area contributed by atoms with Gasteiger partial charge in [-0.05, 0) is 64.7 Å². The van der Waals surface area contributed by atoms with Gasteiger partial charge in [-0.1, -0.05) is 85.8 Å². The van der Waals surface area contributed by atoms with E-state index in [1.54, 1.807) is 17.0 Å². The average molecular weight is 710 g/mol. The summed E-state index contributed by atoms with van der Waals surface area (Å²) in [6, 6.07) is -0.197. The van der Waals surface area contributed by atoms with Crippen LogP contribution in [-0.2, 0) is 24.0 Å². The summed E-state index contributed by atoms with van der Waals surface area (Å²) in [5, 5.41) is 13.3. The number of likely N-dealkylation sites (tertiary alicyclic amines) is 1. The molecule has 6 atom stereocenters. The summed E-state index contributed by atoms with van der Waals surface area (Å²) in [6.07, 6.45) is 8.20. The van der Waals surface area contributed by atoms with E-state index in [-0.39, 0.29) is 41.5 Å². The van der Waals surface area contributed by atoms with Crippen molar-refractivity contribution in [2.24, 2.45) is 34.0 Å². The SMILES string of the molecule is C=CCNC(=O)C(=O)C(CC1CC1)NC(=O)C1C2C(CN1C(=O)C(NC(=O)C(NC(=O)c1cccs1)C1(C)CCCCC1)C(C)(C)C)C2(C)C. The molecule has 1 aliphatic heterocycles. The number of Topliss-reactive ketones (excluding diaryl/α,β-unsaturated/α-hetero) is 1. The van der Waals surface area contributed by atoms with E-state index in [2.05, 4.69) is 41.7 Å². The Hall–Kier alpha value is -3.54. The fourth-order valence-electron chi connectivity index (χ4n) is 8.25. The number of nitrogens with one attached hydrogen (secondary N) is 4. The average Bonchev–Trinajstić information content (AvgIpc) is 3.75. The molecule has 11 nitrogen and oxygen atoms in total. The van der Waals surface area contributed by atoms with Crippen LogP contribution in [0.15, 0.2) is 30.2 Å². The molecule has 0 bridgehead atoms. The summed E-state index contributed by atoms with van der Waals surface area (Å²) >= 11 is 1.30. The first-order chi connectivity index (χ1) is 23.5. The Morgan fingerprint density at radius 1 is 1.02 bits per heavy atom. The molecule has 0 spiro atoms. The molecule has 12 heteroatoms. The molecule has 5 amide bonds. The fraction of sp³-hybridized carbons (Fsp3) is 0.684. The number of amides is 5. The highest BCUT2D eigenvalue weighted by Crippen LogP contribution is 2.65. The van der Waals surface area contributed by atoms with Gasteiger partial charge in [0.2, 0.25) is 23.5 Å². The van der Waals surface area contributed by atoms with Crippen LogP contribution in [0.2, 0.25) is 0 Å². The minimum Gasteiger partial charge on any atom is -0.346 e. The van der Waals surface area contributed by atoms with Crippen LogP contribution in [0.5, 0.6) is 0 Å². The first-order valence-electron chi connectivity index (χ1n) is 18.2. The Balaban J connectivity index is 1.38. The lowest BCUT2D eigenvalue weighted by Gasteiger charge is -2.42. The van der Waals surface area contributed by atoms with Crippen LogP contribution in [0.3, 0.4) is 0 Å². The molecule has 6 unspecified atom stereocenters. The predicted octanol–water partition coefficient (Wildman–Crippen LogP) is 3.99. The maximum atomic E-state index is 14.6. The van der Waals surface area contributed by atoms with Crippen LogP contribution in [0.1, 0.15) is 103 Å². The van der Waals surface area contributed by atoms with E-state index in [9.17, 15) is 28.8 Å². The van der Waals surface area contributed by atoms with Gasteiger partial charge in [0, 0.05) is 13.1 Å². The maximum Gasteiger partial charge on any atom is 0.289 e. The number of rotatable bonds is 14. The molecule has 5 rings (SSSR count). The molecule has 274 valence electrons. The van der Waals surface area contributed by atoms with Gasteiger partial charge in [-0.3, -0.25) is 28.8 Å². The summed E-state index contributed by atoms with van der Waals surface area (Å²) in [6.45, 7) is 15.9. The number of thiophene rings is 1. The Labute approximate surface area is 300 Å². The zero-order chi connectivity index (χ0) is 36.6. The van der Waals surface area contributed by atoms with Gasteiger partial charge in [0.1, 0.15) is 18.1 Å². The van der Waals surface area contributed by atoms with E-state index in [4.69, 9.17) is 0 Å². The molecular formula is C38H55N5O6S. The predicted molar refractivity (Wildman–Crippen MR) is 192 cm³/mol. The summed E-state index contributed by atoms with van der Waals surface area (Å²) in [7, 11) is 0. The Morgan fingerprint density at radius 2 is 1.70 bits per heavy atom. The summed E-state index contributed by atoms with van der Waals surface area (Å²) in [4.78, 5) is 84.4. The molecule has 1 saturated heterocycles. The summed E-state index contributed by atoms with van der Waals surface area (Å²) in [5.74, 6) is -2.86. The lowest BCUT2D eigenvalue weighted by atomic mass is 9.70. The van der Waals surface area contributed by atoms with E-state index in [1.807, 2.05) is 33.1 Å². The number of hydrogen-bond acceptors (Lipinski definition) is 7. The van der Waals surface area contributed by atoms with E-state index in [0.29, 0.717) is 17.8 Å². The van der Waals surface area contributed by atoms with Crippen molar-refractivity contribution in [3.8, 4) is 0 Å². The van der Waals surface area contributed by atoms with Gasteiger partial charge in [0.25, 0.3) is 11.8 Å². The van der Waals surface area contributed by atoms with Gasteiger partial charge in [0.15, 0.2) is 0 Å². The minimum absolute atomic E-state index is 0.0750. The zero-order valence-electron chi connectivity index (χ0n) is 30.4. The number of carbonyl (C=O) groups is 6. The van der Waals surface area contributed by atoms with Crippen LogP contribution in [0.4, 0.5) is 0 Å². The van der Waals surface area contributed by atoms with Crippen LogP contribution in [0, 0.1) is 34.0 Å². The highest BCUT2D eigenvalue weighted by molar-refractivity contribution is 7.12. The number of nitrogens with zero attached hydrogens (tertiary/aromatic N) is 1. The van der Waals surface area contributed by atoms with Crippen LogP contribution >= 0.6 is 11.3 Å². The number of carbonyl (C=O) groups excluding carboxylic acids is 6. The van der Waals surface area contributed by atoms with E-state index in [1.165, 1.54) is 17.4 Å². The first kappa shape index (κ1) is 37.7. The molecule has 2 heterocycles. The molecule has 0 radical (unpaired) electrons. The quantitative estimate of drug-likeness (QED) is 0.169. The topological polar surface area (TPSA) is 154 Å². The second kappa shape index (κ2) is 14.6. The fourth-order valence-corrected chi connectivity index (χ4v) is 8.88. The lowest BCUT2D eigenvalue weighted by Crippen LogP contribution is -2.64. The smallest absolute Gasteiger partial charge is 0.289 e. The van der Waals surface area contributed by atoms with E-state index >= 15 is 0 Å². The maximum absolute atomic E-state index is 14.6. The molecule has 4 N–H and O–H groups in total. The van der Waals surface area contributed by atoms with Crippen LogP contribution in [0.25, 0.3) is 0 Å². The Bertz CT molecular complexity index is 1490. The molecule has 3 aliphatic carbocycles.